The number of hydrogen-bond acceptors (Lipinski definition) is 2. The monoisotopic (exact) mass is 311 g/mol. The van der Waals surface area contributed by atoms with E-state index in [0.717, 1.165) is 30.1 Å². The number of rotatable bonds is 5. The summed E-state index contributed by atoms with van der Waals surface area (Å²) in [6.07, 6.45) is 2.37. The van der Waals surface area contributed by atoms with Crippen LogP contribution in [-0.4, -0.2) is 26.1 Å². The molecular weight excluding hydrogens is 288 g/mol. The average molecular weight is 311 g/mol. The van der Waals surface area contributed by atoms with Gasteiger partial charge in [0.2, 0.25) is 0 Å². The van der Waals surface area contributed by atoms with E-state index in [2.05, 4.69) is 5.32 Å². The van der Waals surface area contributed by atoms with Crippen molar-refractivity contribution < 1.29 is 14.4 Å². The van der Waals surface area contributed by atoms with E-state index in [9.17, 15) is 4.79 Å². The summed E-state index contributed by atoms with van der Waals surface area (Å²) >= 11 is 0. The maximum absolute atomic E-state index is 12.9. The van der Waals surface area contributed by atoms with E-state index in [0.29, 0.717) is 0 Å². The molecule has 1 atom stereocenters. The second-order valence-corrected chi connectivity index (χ2v) is 5.93. The van der Waals surface area contributed by atoms with Crippen LogP contribution in [0.2, 0.25) is 0 Å². The minimum Gasteiger partial charge on any atom is -0.497 e. The van der Waals surface area contributed by atoms with Crippen LogP contribution in [0.5, 0.6) is 5.75 Å². The fourth-order valence-electron chi connectivity index (χ4n) is 3.25. The molecule has 2 aromatic carbocycles. The van der Waals surface area contributed by atoms with Crippen LogP contribution in [0.3, 0.4) is 0 Å². The van der Waals surface area contributed by atoms with Crippen molar-refractivity contribution in [3.8, 4) is 5.75 Å². The van der Waals surface area contributed by atoms with Crippen molar-refractivity contribution in [2.75, 3.05) is 25.5 Å². The zero-order chi connectivity index (χ0) is 16.1. The highest BCUT2D eigenvalue weighted by molar-refractivity contribution is 5.94. The molecule has 0 saturated carbocycles. The van der Waals surface area contributed by atoms with Gasteiger partial charge in [-0.3, -0.25) is 4.79 Å². The summed E-state index contributed by atoms with van der Waals surface area (Å²) in [5, 5.41) is 3.05. The predicted molar refractivity (Wildman–Crippen MR) is 90.7 cm³/mol. The Bertz CT molecular complexity index is 651. The minimum atomic E-state index is -0.162. The van der Waals surface area contributed by atoms with Crippen molar-refractivity contribution in [2.45, 2.75) is 18.9 Å². The second-order valence-electron chi connectivity index (χ2n) is 5.93. The van der Waals surface area contributed by atoms with E-state index in [1.807, 2.05) is 54.6 Å². The van der Waals surface area contributed by atoms with Crippen LogP contribution in [-0.2, 0) is 4.79 Å². The van der Waals surface area contributed by atoms with Gasteiger partial charge in [-0.1, -0.05) is 36.4 Å². The number of hydrogen-bond donors (Lipinski definition) is 2. The van der Waals surface area contributed by atoms with E-state index in [1.54, 1.807) is 7.11 Å². The number of benzene rings is 2. The molecular formula is C19H23N2O2+. The van der Waals surface area contributed by atoms with Gasteiger partial charge in [0.1, 0.15) is 5.75 Å². The molecule has 0 unspecified atom stereocenters. The molecule has 2 aromatic rings. The molecule has 0 aliphatic carbocycles. The second kappa shape index (κ2) is 7.29. The lowest BCUT2D eigenvalue weighted by atomic mass is 10.0. The van der Waals surface area contributed by atoms with Gasteiger partial charge in [-0.25, -0.2) is 0 Å². The average Bonchev–Trinajstić information content (AvgIpc) is 3.10. The van der Waals surface area contributed by atoms with Crippen LogP contribution >= 0.6 is 0 Å². The Hall–Kier alpha value is -2.33. The number of amides is 1. The van der Waals surface area contributed by atoms with Crippen molar-refractivity contribution >= 4 is 11.6 Å². The molecule has 1 amide bonds. The molecule has 4 heteroatoms. The van der Waals surface area contributed by atoms with Gasteiger partial charge in [-0.05, 0) is 12.1 Å². The largest absolute Gasteiger partial charge is 0.497 e. The molecule has 2 N–H and O–H groups in total. The van der Waals surface area contributed by atoms with Crippen molar-refractivity contribution in [1.82, 2.24) is 0 Å². The summed E-state index contributed by atoms with van der Waals surface area (Å²) in [5.41, 5.74) is 1.85. The van der Waals surface area contributed by atoms with E-state index in [-0.39, 0.29) is 11.9 Å². The molecule has 1 heterocycles. The van der Waals surface area contributed by atoms with Crippen LogP contribution in [0.1, 0.15) is 24.4 Å². The van der Waals surface area contributed by atoms with Gasteiger partial charge in [-0.2, -0.15) is 0 Å². The van der Waals surface area contributed by atoms with Gasteiger partial charge >= 0.3 is 0 Å². The van der Waals surface area contributed by atoms with E-state index in [1.165, 1.54) is 17.7 Å². The van der Waals surface area contributed by atoms with Crippen molar-refractivity contribution in [1.29, 1.82) is 0 Å². The minimum absolute atomic E-state index is 0.0429. The fraction of sp³-hybridized carbons (Fsp3) is 0.316. The van der Waals surface area contributed by atoms with E-state index >= 15 is 0 Å². The summed E-state index contributed by atoms with van der Waals surface area (Å²) < 4.78 is 5.22. The van der Waals surface area contributed by atoms with Crippen LogP contribution in [0, 0.1) is 0 Å². The Labute approximate surface area is 137 Å². The molecule has 0 aromatic heterocycles. The Balaban J connectivity index is 1.82. The van der Waals surface area contributed by atoms with Gasteiger partial charge in [0, 0.05) is 30.2 Å². The number of methoxy groups -OCH3 is 1. The lowest BCUT2D eigenvalue weighted by Gasteiger charge is -2.24. The molecule has 1 fully saturated rings. The first kappa shape index (κ1) is 15.6. The first-order valence-electron chi connectivity index (χ1n) is 8.12. The van der Waals surface area contributed by atoms with E-state index in [4.69, 9.17) is 4.74 Å². The molecule has 120 valence electrons. The first-order valence-corrected chi connectivity index (χ1v) is 8.12. The fourth-order valence-corrected chi connectivity index (χ4v) is 3.25. The zero-order valence-electron chi connectivity index (χ0n) is 13.4. The molecule has 1 aliphatic heterocycles. The highest BCUT2D eigenvalue weighted by atomic mass is 16.5. The van der Waals surface area contributed by atoms with Crippen LogP contribution in [0.25, 0.3) is 0 Å². The van der Waals surface area contributed by atoms with Crippen molar-refractivity contribution in [3.63, 3.8) is 0 Å². The Kier molecular flexibility index (Phi) is 4.93. The van der Waals surface area contributed by atoms with Gasteiger partial charge in [-0.15, -0.1) is 0 Å². The maximum Gasteiger partial charge on any atom is 0.287 e. The topological polar surface area (TPSA) is 42.8 Å². The summed E-state index contributed by atoms with van der Waals surface area (Å²) in [5.74, 6) is 0.786. The molecule has 4 nitrogen and oxygen atoms in total. The Morgan fingerprint density at radius 2 is 1.83 bits per heavy atom. The summed E-state index contributed by atoms with van der Waals surface area (Å²) in [6.45, 7) is 2.09. The zero-order valence-corrected chi connectivity index (χ0v) is 13.4. The Morgan fingerprint density at radius 1 is 1.09 bits per heavy atom. The third-order valence-electron chi connectivity index (χ3n) is 4.39. The molecule has 0 bridgehead atoms. The predicted octanol–water partition coefficient (Wildman–Crippen LogP) is 2.05. The molecule has 0 radical (unpaired) electrons. The van der Waals surface area contributed by atoms with Gasteiger partial charge in [0.05, 0.1) is 20.2 Å². The molecule has 23 heavy (non-hydrogen) atoms. The number of anilines is 1. The lowest BCUT2D eigenvalue weighted by molar-refractivity contribution is -0.909. The smallest absolute Gasteiger partial charge is 0.287 e. The molecule has 0 spiro atoms. The maximum atomic E-state index is 12.9. The van der Waals surface area contributed by atoms with Gasteiger partial charge in [0.15, 0.2) is 6.04 Å². The highest BCUT2D eigenvalue weighted by Crippen LogP contribution is 2.19. The number of ether oxygens (including phenoxy) is 1. The summed E-state index contributed by atoms with van der Waals surface area (Å²) in [6, 6.07) is 17.4. The number of carbonyl (C=O) groups is 1. The number of quaternary nitrogens is 1. The first-order chi connectivity index (χ1) is 11.3. The van der Waals surface area contributed by atoms with Crippen LogP contribution < -0.4 is 15.0 Å². The third-order valence-corrected chi connectivity index (χ3v) is 4.39. The molecule has 1 saturated heterocycles. The molecule has 1 aliphatic rings. The Morgan fingerprint density at radius 3 is 2.52 bits per heavy atom. The number of likely N-dealkylation sites (tertiary alicyclic amines) is 1. The van der Waals surface area contributed by atoms with Gasteiger partial charge in [0.25, 0.3) is 5.91 Å². The van der Waals surface area contributed by atoms with Crippen LogP contribution in [0.15, 0.2) is 54.6 Å². The summed E-state index contributed by atoms with van der Waals surface area (Å²) in [4.78, 5) is 14.3. The third kappa shape index (κ3) is 3.71. The lowest BCUT2D eigenvalue weighted by Crippen LogP contribution is -3.11. The quantitative estimate of drug-likeness (QED) is 0.887. The number of carbonyl (C=O) groups excluding carboxylic acids is 1. The summed E-state index contributed by atoms with van der Waals surface area (Å²) in [7, 11) is 1.63. The normalized spacial score (nSPS) is 16.0. The van der Waals surface area contributed by atoms with Crippen molar-refractivity contribution in [2.24, 2.45) is 0 Å². The molecule has 3 rings (SSSR count). The van der Waals surface area contributed by atoms with E-state index < -0.39 is 0 Å². The SMILES string of the molecule is COc1cccc(NC(=O)[C@H](c2ccccc2)[NH+]2CCCC2)c1. The van der Waals surface area contributed by atoms with Crippen LogP contribution in [0.4, 0.5) is 5.69 Å². The van der Waals surface area contributed by atoms with Gasteiger partial charge < -0.3 is 15.0 Å². The number of nitrogens with one attached hydrogen (secondary N) is 2. The van der Waals surface area contributed by atoms with Crippen molar-refractivity contribution in [3.05, 3.63) is 60.2 Å². The standard InChI is InChI=1S/C19H22N2O2/c1-23-17-11-7-10-16(14-17)20-19(22)18(21-12-5-6-13-21)15-8-3-2-4-9-15/h2-4,7-11,14,18H,5-6,12-13H2,1H3,(H,20,22)/p+1/t18-/m0/s1. The highest BCUT2D eigenvalue weighted by Gasteiger charge is 2.33.